The molecule has 0 spiro atoms. The van der Waals surface area contributed by atoms with E-state index in [-0.39, 0.29) is 5.56 Å². The highest BCUT2D eigenvalue weighted by atomic mass is 16.5. The number of anilines is 1. The molecular weight excluding hydrogens is 256 g/mol. The highest BCUT2D eigenvalue weighted by Crippen LogP contribution is 2.25. The lowest BCUT2D eigenvalue weighted by Gasteiger charge is -2.32. The third kappa shape index (κ3) is 3.93. The van der Waals surface area contributed by atoms with Gasteiger partial charge in [-0.3, -0.25) is 0 Å². The topological polar surface area (TPSA) is 71.5 Å². The van der Waals surface area contributed by atoms with Crippen molar-refractivity contribution in [3.05, 3.63) is 23.9 Å². The Morgan fingerprint density at radius 2 is 2.35 bits per heavy atom. The number of aromatic carboxylic acids is 1. The first-order valence-corrected chi connectivity index (χ1v) is 7.11. The van der Waals surface area contributed by atoms with E-state index >= 15 is 0 Å². The zero-order chi connectivity index (χ0) is 14.5. The van der Waals surface area contributed by atoms with Crippen molar-refractivity contribution in [2.24, 2.45) is 11.8 Å². The van der Waals surface area contributed by atoms with Crippen LogP contribution >= 0.6 is 0 Å². The molecule has 1 fully saturated rings. The van der Waals surface area contributed by atoms with Gasteiger partial charge in [0, 0.05) is 19.3 Å². The number of carbonyl (C=O) groups is 1. The van der Waals surface area contributed by atoms with Crippen LogP contribution in [0.3, 0.4) is 0 Å². The molecule has 20 heavy (non-hydrogen) atoms. The number of nitrogens with zero attached hydrogens (tertiary/aromatic N) is 1. The molecule has 0 aromatic carbocycles. The molecule has 2 heterocycles. The van der Waals surface area contributed by atoms with Crippen molar-refractivity contribution in [1.29, 1.82) is 0 Å². The Morgan fingerprint density at radius 1 is 1.55 bits per heavy atom. The summed E-state index contributed by atoms with van der Waals surface area (Å²) in [5, 5.41) is 12.1. The van der Waals surface area contributed by atoms with Crippen molar-refractivity contribution < 1.29 is 14.6 Å². The van der Waals surface area contributed by atoms with Gasteiger partial charge in [0.25, 0.3) is 0 Å². The quantitative estimate of drug-likeness (QED) is 0.866. The highest BCUT2D eigenvalue weighted by Gasteiger charge is 2.24. The highest BCUT2D eigenvalue weighted by molar-refractivity contribution is 5.87. The van der Waals surface area contributed by atoms with Gasteiger partial charge in [-0.05, 0) is 36.8 Å². The van der Waals surface area contributed by atoms with Crippen molar-refractivity contribution in [3.8, 4) is 0 Å². The van der Waals surface area contributed by atoms with Gasteiger partial charge < -0.3 is 15.2 Å². The molecule has 2 atom stereocenters. The van der Waals surface area contributed by atoms with Crippen LogP contribution in [0.25, 0.3) is 0 Å². The summed E-state index contributed by atoms with van der Waals surface area (Å²) in [6, 6.07) is 3.28. The first-order chi connectivity index (χ1) is 9.56. The summed E-state index contributed by atoms with van der Waals surface area (Å²) in [6.45, 7) is 6.05. The molecule has 5 heteroatoms. The molecule has 1 aliphatic heterocycles. The van der Waals surface area contributed by atoms with Crippen molar-refractivity contribution in [3.63, 3.8) is 0 Å². The minimum atomic E-state index is -0.951. The molecule has 0 amide bonds. The minimum Gasteiger partial charge on any atom is -0.478 e. The average Bonchev–Trinajstić information content (AvgIpc) is 2.46. The van der Waals surface area contributed by atoms with Crippen LogP contribution in [0.4, 0.5) is 5.82 Å². The molecule has 5 nitrogen and oxygen atoms in total. The Hall–Kier alpha value is -1.62. The zero-order valence-electron chi connectivity index (χ0n) is 12.0. The van der Waals surface area contributed by atoms with Crippen molar-refractivity contribution >= 4 is 11.8 Å². The van der Waals surface area contributed by atoms with Crippen LogP contribution in [0, 0.1) is 11.8 Å². The number of hydrogen-bond acceptors (Lipinski definition) is 4. The summed E-state index contributed by atoms with van der Waals surface area (Å²) in [6.07, 6.45) is 3.85. The smallest absolute Gasteiger partial charge is 0.337 e. The lowest BCUT2D eigenvalue weighted by molar-refractivity contribution is -0.0314. The summed E-state index contributed by atoms with van der Waals surface area (Å²) in [5.41, 5.74) is 0.210. The lowest BCUT2D eigenvalue weighted by Crippen LogP contribution is -2.32. The van der Waals surface area contributed by atoms with Crippen molar-refractivity contribution in [2.45, 2.75) is 32.8 Å². The van der Waals surface area contributed by atoms with Crippen LogP contribution in [-0.2, 0) is 4.74 Å². The number of ether oxygens (including phenoxy) is 1. The standard InChI is InChI=1S/C15H22N2O3/c1-10(2)13-7-11(5-6-20-13)8-16-14-4-3-12(9-17-14)15(18)19/h3-4,9-11,13H,5-8H2,1-2H3,(H,16,17)(H,18,19). The molecule has 1 aromatic heterocycles. The van der Waals surface area contributed by atoms with Crippen LogP contribution in [0.1, 0.15) is 37.0 Å². The third-order valence-electron chi connectivity index (χ3n) is 3.75. The summed E-state index contributed by atoms with van der Waals surface area (Å²) in [4.78, 5) is 14.9. The molecule has 2 N–H and O–H groups in total. The fourth-order valence-electron chi connectivity index (χ4n) is 2.42. The number of aromatic nitrogens is 1. The molecular formula is C15H22N2O3. The Balaban J connectivity index is 1.84. The fourth-order valence-corrected chi connectivity index (χ4v) is 2.42. The molecule has 0 bridgehead atoms. The van der Waals surface area contributed by atoms with Crippen LogP contribution in [0.5, 0.6) is 0 Å². The van der Waals surface area contributed by atoms with E-state index in [0.29, 0.717) is 17.9 Å². The number of carboxylic acid groups (broad SMARTS) is 1. The van der Waals surface area contributed by atoms with Gasteiger partial charge in [-0.15, -0.1) is 0 Å². The Kier molecular flexibility index (Phi) is 4.95. The first-order valence-electron chi connectivity index (χ1n) is 7.11. The van der Waals surface area contributed by atoms with Gasteiger partial charge in [-0.25, -0.2) is 9.78 Å². The normalized spacial score (nSPS) is 22.8. The van der Waals surface area contributed by atoms with E-state index in [1.54, 1.807) is 12.1 Å². The van der Waals surface area contributed by atoms with Crippen LogP contribution in [0.2, 0.25) is 0 Å². The summed E-state index contributed by atoms with van der Waals surface area (Å²) in [7, 11) is 0. The van der Waals surface area contributed by atoms with Gasteiger partial charge in [0.2, 0.25) is 0 Å². The van der Waals surface area contributed by atoms with E-state index in [2.05, 4.69) is 24.1 Å². The maximum atomic E-state index is 10.7. The zero-order valence-corrected chi connectivity index (χ0v) is 12.0. The Bertz CT molecular complexity index is 445. The van der Waals surface area contributed by atoms with E-state index in [9.17, 15) is 4.79 Å². The molecule has 0 radical (unpaired) electrons. The van der Waals surface area contributed by atoms with E-state index in [0.717, 1.165) is 31.8 Å². The predicted molar refractivity (Wildman–Crippen MR) is 77.0 cm³/mol. The van der Waals surface area contributed by atoms with Gasteiger partial charge in [-0.1, -0.05) is 13.8 Å². The molecule has 1 aromatic rings. The molecule has 2 rings (SSSR count). The average molecular weight is 278 g/mol. The van der Waals surface area contributed by atoms with Gasteiger partial charge in [0.15, 0.2) is 0 Å². The van der Waals surface area contributed by atoms with Gasteiger partial charge >= 0.3 is 5.97 Å². The van der Waals surface area contributed by atoms with E-state index in [4.69, 9.17) is 9.84 Å². The number of hydrogen-bond donors (Lipinski definition) is 2. The van der Waals surface area contributed by atoms with Gasteiger partial charge in [0.05, 0.1) is 11.7 Å². The Morgan fingerprint density at radius 3 is 2.95 bits per heavy atom. The molecule has 0 saturated carbocycles. The second-order valence-electron chi connectivity index (χ2n) is 5.66. The number of rotatable bonds is 5. The van der Waals surface area contributed by atoms with Crippen LogP contribution < -0.4 is 5.32 Å². The first kappa shape index (κ1) is 14.8. The molecule has 110 valence electrons. The maximum Gasteiger partial charge on any atom is 0.337 e. The fraction of sp³-hybridized carbons (Fsp3) is 0.600. The summed E-state index contributed by atoms with van der Waals surface area (Å²) < 4.78 is 5.76. The van der Waals surface area contributed by atoms with E-state index in [1.807, 2.05) is 0 Å². The second-order valence-corrected chi connectivity index (χ2v) is 5.66. The van der Waals surface area contributed by atoms with E-state index in [1.165, 1.54) is 6.20 Å². The van der Waals surface area contributed by atoms with E-state index < -0.39 is 5.97 Å². The second kappa shape index (κ2) is 6.70. The summed E-state index contributed by atoms with van der Waals surface area (Å²) in [5.74, 6) is 0.902. The largest absolute Gasteiger partial charge is 0.478 e. The lowest BCUT2D eigenvalue weighted by atomic mass is 9.90. The van der Waals surface area contributed by atoms with Gasteiger partial charge in [-0.2, -0.15) is 0 Å². The van der Waals surface area contributed by atoms with Crippen LogP contribution in [0.15, 0.2) is 18.3 Å². The number of carboxylic acids is 1. The Labute approximate surface area is 119 Å². The summed E-state index contributed by atoms with van der Waals surface area (Å²) >= 11 is 0. The molecule has 2 unspecified atom stereocenters. The SMILES string of the molecule is CC(C)C1CC(CNc2ccc(C(=O)O)cn2)CCO1. The van der Waals surface area contributed by atoms with Gasteiger partial charge in [0.1, 0.15) is 5.82 Å². The third-order valence-corrected chi connectivity index (χ3v) is 3.75. The monoisotopic (exact) mass is 278 g/mol. The van der Waals surface area contributed by atoms with Crippen molar-refractivity contribution in [1.82, 2.24) is 4.98 Å². The van der Waals surface area contributed by atoms with Crippen molar-refractivity contribution in [2.75, 3.05) is 18.5 Å². The maximum absolute atomic E-state index is 10.7. The number of nitrogens with one attached hydrogen (secondary N) is 1. The van der Waals surface area contributed by atoms with Crippen LogP contribution in [-0.4, -0.2) is 35.3 Å². The predicted octanol–water partition coefficient (Wildman–Crippen LogP) is 2.64. The molecule has 1 saturated heterocycles. The molecule has 1 aliphatic rings. The molecule has 0 aliphatic carbocycles. The number of pyridine rings is 1. The minimum absolute atomic E-state index is 0.210.